The van der Waals surface area contributed by atoms with Crippen molar-refractivity contribution >= 4 is 5.97 Å². The molecule has 6 atom stereocenters. The van der Waals surface area contributed by atoms with Crippen LogP contribution in [0.2, 0.25) is 0 Å². The van der Waals surface area contributed by atoms with Crippen LogP contribution in [-0.2, 0) is 34.4 Å². The van der Waals surface area contributed by atoms with Gasteiger partial charge < -0.3 is 14.9 Å². The lowest BCUT2D eigenvalue weighted by Gasteiger charge is -2.53. The van der Waals surface area contributed by atoms with Gasteiger partial charge in [-0.05, 0) is 103 Å². The van der Waals surface area contributed by atoms with Gasteiger partial charge in [-0.1, -0.05) is 31.2 Å². The number of rotatable bonds is 3. The van der Waals surface area contributed by atoms with Gasteiger partial charge in [0.25, 0.3) is 0 Å². The summed E-state index contributed by atoms with van der Waals surface area (Å²) in [6, 6.07) is 14.3. The van der Waals surface area contributed by atoms with E-state index in [1.54, 1.807) is 6.92 Å². The Kier molecular flexibility index (Phi) is 5.29. The zero-order valence-corrected chi connectivity index (χ0v) is 21.2. The normalized spacial score (nSPS) is 36.2. The third kappa shape index (κ3) is 3.13. The molecule has 36 heavy (non-hydrogen) atoms. The number of carbonyl (C=O) groups excluding carboxylic acids is 1. The SMILES string of the molecule is CCOC(=O)C1(C#N)Cc2ccc([C@]3(O)CC[C@H]4C5CCc6cc(O)ccc6[C@H]5CC[C@@]43C)cc2C1. The standard InChI is InChI=1S/C31H35NO4/c1-3-36-28(34)30(18-32)16-20-4-6-22(14-21(20)17-30)31(35)13-11-27-26-8-5-19-15-23(33)7-9-24(19)25(26)10-12-29(27,31)2/h4,6-7,9,14-15,25-27,33,35H,3,5,8,10-13,16-17H2,1-2H3/t25-,26?,27+,29+,30?,31-/m1/s1. The van der Waals surface area contributed by atoms with Crippen molar-refractivity contribution in [1.82, 2.24) is 0 Å². The minimum Gasteiger partial charge on any atom is -0.508 e. The molecule has 2 saturated carbocycles. The molecule has 2 unspecified atom stereocenters. The molecule has 6 rings (SSSR count). The fraction of sp³-hybridized carbons (Fsp3) is 0.548. The van der Waals surface area contributed by atoms with Crippen molar-refractivity contribution < 1.29 is 19.7 Å². The number of esters is 1. The maximum Gasteiger partial charge on any atom is 0.327 e. The number of aliphatic hydroxyl groups is 1. The molecule has 0 saturated heterocycles. The number of fused-ring (bicyclic) bond motifs is 6. The predicted molar refractivity (Wildman–Crippen MR) is 135 cm³/mol. The number of phenols is 1. The number of hydrogen-bond donors (Lipinski definition) is 2. The Bertz CT molecular complexity index is 1280. The van der Waals surface area contributed by atoms with Gasteiger partial charge in [0.05, 0.1) is 18.3 Å². The summed E-state index contributed by atoms with van der Waals surface area (Å²) in [6.45, 7) is 4.31. The van der Waals surface area contributed by atoms with Gasteiger partial charge in [-0.3, -0.25) is 4.79 Å². The predicted octanol–water partition coefficient (Wildman–Crippen LogP) is 5.31. The van der Waals surface area contributed by atoms with Gasteiger partial charge in [0.15, 0.2) is 5.41 Å². The summed E-state index contributed by atoms with van der Waals surface area (Å²) >= 11 is 0. The first-order valence-corrected chi connectivity index (χ1v) is 13.5. The molecule has 2 aromatic rings. The lowest BCUT2D eigenvalue weighted by atomic mass is 9.52. The molecule has 4 aliphatic rings. The molecule has 0 aliphatic heterocycles. The molecule has 5 nitrogen and oxygen atoms in total. The number of carbonyl (C=O) groups is 1. The molecule has 4 aliphatic carbocycles. The van der Waals surface area contributed by atoms with Crippen molar-refractivity contribution in [2.24, 2.45) is 22.7 Å². The number of hydrogen-bond acceptors (Lipinski definition) is 5. The molecule has 2 fully saturated rings. The highest BCUT2D eigenvalue weighted by Crippen LogP contribution is 2.67. The summed E-state index contributed by atoms with van der Waals surface area (Å²) in [4.78, 5) is 12.6. The van der Waals surface area contributed by atoms with Gasteiger partial charge in [0.2, 0.25) is 0 Å². The van der Waals surface area contributed by atoms with E-state index in [4.69, 9.17) is 4.74 Å². The first-order valence-electron chi connectivity index (χ1n) is 13.5. The van der Waals surface area contributed by atoms with Crippen LogP contribution in [0, 0.1) is 34.0 Å². The maximum atomic E-state index is 12.6. The molecular formula is C31H35NO4. The first-order chi connectivity index (χ1) is 17.2. The molecule has 5 heteroatoms. The van der Waals surface area contributed by atoms with Crippen LogP contribution in [0.3, 0.4) is 0 Å². The summed E-state index contributed by atoms with van der Waals surface area (Å²) < 4.78 is 5.24. The van der Waals surface area contributed by atoms with Gasteiger partial charge in [0.1, 0.15) is 5.75 Å². The van der Waals surface area contributed by atoms with E-state index in [9.17, 15) is 20.3 Å². The molecule has 0 spiro atoms. The molecule has 2 N–H and O–H groups in total. The summed E-state index contributed by atoms with van der Waals surface area (Å²) in [5.74, 6) is 1.38. The van der Waals surface area contributed by atoms with Crippen molar-refractivity contribution in [3.63, 3.8) is 0 Å². The molecule has 0 heterocycles. The van der Waals surface area contributed by atoms with Crippen LogP contribution in [0.25, 0.3) is 0 Å². The van der Waals surface area contributed by atoms with Crippen LogP contribution in [0.5, 0.6) is 5.75 Å². The molecule has 0 amide bonds. The van der Waals surface area contributed by atoms with Gasteiger partial charge >= 0.3 is 5.97 Å². The second-order valence-electron chi connectivity index (χ2n) is 11.9. The Hall–Kier alpha value is -2.84. The van der Waals surface area contributed by atoms with Crippen molar-refractivity contribution in [2.75, 3.05) is 6.61 Å². The number of aryl methyl sites for hydroxylation is 1. The topological polar surface area (TPSA) is 90.6 Å². The van der Waals surface area contributed by atoms with Gasteiger partial charge in [-0.25, -0.2) is 0 Å². The van der Waals surface area contributed by atoms with E-state index in [-0.39, 0.29) is 12.0 Å². The summed E-state index contributed by atoms with van der Waals surface area (Å²) in [5.41, 5.74) is 3.31. The maximum absolute atomic E-state index is 12.6. The zero-order chi connectivity index (χ0) is 25.3. The van der Waals surface area contributed by atoms with Gasteiger partial charge in [-0.2, -0.15) is 5.26 Å². The quantitative estimate of drug-likeness (QED) is 0.575. The largest absolute Gasteiger partial charge is 0.508 e. The molecular weight excluding hydrogens is 450 g/mol. The van der Waals surface area contributed by atoms with Crippen molar-refractivity contribution in [2.45, 2.75) is 76.7 Å². The molecule has 188 valence electrons. The smallest absolute Gasteiger partial charge is 0.327 e. The number of benzene rings is 2. The number of ether oxygens (including phenoxy) is 1. The summed E-state index contributed by atoms with van der Waals surface area (Å²) in [5, 5.41) is 32.2. The second-order valence-corrected chi connectivity index (χ2v) is 11.9. The number of phenolic OH excluding ortho intramolecular Hbond substituents is 1. The summed E-state index contributed by atoms with van der Waals surface area (Å²) in [7, 11) is 0. The number of nitrogens with zero attached hydrogens (tertiary/aromatic N) is 1. The summed E-state index contributed by atoms with van der Waals surface area (Å²) in [6.07, 6.45) is 6.54. The average molecular weight is 486 g/mol. The third-order valence-corrected chi connectivity index (χ3v) is 10.4. The van der Waals surface area contributed by atoms with Gasteiger partial charge in [-0.15, -0.1) is 0 Å². The average Bonchev–Trinajstić information content (AvgIpc) is 3.39. The molecule has 0 radical (unpaired) electrons. The van der Waals surface area contributed by atoms with Crippen LogP contribution in [0.1, 0.15) is 79.7 Å². The second kappa shape index (κ2) is 8.08. The molecule has 0 aromatic heterocycles. The highest BCUT2D eigenvalue weighted by Gasteiger charge is 2.62. The van der Waals surface area contributed by atoms with E-state index in [1.165, 1.54) is 11.1 Å². The van der Waals surface area contributed by atoms with Crippen LogP contribution in [-0.4, -0.2) is 22.8 Å². The minimum absolute atomic E-state index is 0.219. The monoisotopic (exact) mass is 485 g/mol. The lowest BCUT2D eigenvalue weighted by Crippen LogP contribution is -2.49. The van der Waals surface area contributed by atoms with Crippen molar-refractivity contribution in [3.8, 4) is 11.8 Å². The number of aromatic hydroxyl groups is 1. The fourth-order valence-corrected chi connectivity index (χ4v) is 8.53. The Balaban J connectivity index is 1.31. The van der Waals surface area contributed by atoms with Crippen LogP contribution in [0.4, 0.5) is 0 Å². The molecule has 2 aromatic carbocycles. The first kappa shape index (κ1) is 23.6. The van der Waals surface area contributed by atoms with E-state index in [0.717, 1.165) is 55.2 Å². The van der Waals surface area contributed by atoms with Crippen molar-refractivity contribution in [1.29, 1.82) is 5.26 Å². The lowest BCUT2D eigenvalue weighted by molar-refractivity contribution is -0.151. The third-order valence-electron chi connectivity index (χ3n) is 10.4. The van der Waals surface area contributed by atoms with Crippen LogP contribution in [0.15, 0.2) is 36.4 Å². The zero-order valence-electron chi connectivity index (χ0n) is 21.2. The van der Waals surface area contributed by atoms with Crippen LogP contribution < -0.4 is 0 Å². The van der Waals surface area contributed by atoms with E-state index in [1.807, 2.05) is 24.3 Å². The minimum atomic E-state index is -1.16. The van der Waals surface area contributed by atoms with E-state index in [0.29, 0.717) is 36.3 Å². The Labute approximate surface area is 213 Å². The van der Waals surface area contributed by atoms with Gasteiger partial charge in [0, 0.05) is 18.3 Å². The van der Waals surface area contributed by atoms with Crippen LogP contribution >= 0.6 is 0 Å². The Morgan fingerprint density at radius 1 is 1.08 bits per heavy atom. The van der Waals surface area contributed by atoms with E-state index < -0.39 is 17.0 Å². The molecule has 0 bridgehead atoms. The Morgan fingerprint density at radius 2 is 1.89 bits per heavy atom. The Morgan fingerprint density at radius 3 is 2.67 bits per heavy atom. The number of nitriles is 1. The highest BCUT2D eigenvalue weighted by molar-refractivity contribution is 5.82. The van der Waals surface area contributed by atoms with Crippen molar-refractivity contribution in [3.05, 3.63) is 64.2 Å². The highest BCUT2D eigenvalue weighted by atomic mass is 16.5. The van der Waals surface area contributed by atoms with E-state index in [2.05, 4.69) is 25.1 Å². The fourth-order valence-electron chi connectivity index (χ4n) is 8.53. The van der Waals surface area contributed by atoms with E-state index >= 15 is 0 Å².